The topological polar surface area (TPSA) is 58.6 Å². The van der Waals surface area contributed by atoms with Gasteiger partial charge in [0.1, 0.15) is 6.61 Å². The fraction of sp³-hybridized carbons (Fsp3) is 0.435. The van der Waals surface area contributed by atoms with Crippen LogP contribution in [-0.2, 0) is 4.74 Å². The van der Waals surface area contributed by atoms with Gasteiger partial charge in [-0.05, 0) is 47.4 Å². The van der Waals surface area contributed by atoms with Crippen molar-refractivity contribution in [3.8, 4) is 11.1 Å². The Hall–Kier alpha value is -2.33. The van der Waals surface area contributed by atoms with E-state index in [9.17, 15) is 9.90 Å². The smallest absolute Gasteiger partial charge is 0.407 e. The number of amides is 1. The van der Waals surface area contributed by atoms with Crippen molar-refractivity contribution in [1.29, 1.82) is 0 Å². The average Bonchev–Trinajstić information content (AvgIpc) is 3.33. The first-order valence-electron chi connectivity index (χ1n) is 10.0. The van der Waals surface area contributed by atoms with E-state index >= 15 is 0 Å². The van der Waals surface area contributed by atoms with Crippen LogP contribution in [0.1, 0.15) is 49.1 Å². The summed E-state index contributed by atoms with van der Waals surface area (Å²) < 4.78 is 5.52. The molecule has 1 unspecified atom stereocenters. The molecule has 142 valence electrons. The van der Waals surface area contributed by atoms with Gasteiger partial charge in [0, 0.05) is 12.5 Å². The summed E-state index contributed by atoms with van der Waals surface area (Å²) in [6.07, 6.45) is 4.49. The predicted octanol–water partition coefficient (Wildman–Crippen LogP) is 4.47. The van der Waals surface area contributed by atoms with Crippen molar-refractivity contribution in [2.75, 3.05) is 13.2 Å². The Kier molecular flexibility index (Phi) is 5.44. The van der Waals surface area contributed by atoms with Crippen molar-refractivity contribution in [2.24, 2.45) is 5.92 Å². The molecule has 1 amide bonds. The highest BCUT2D eigenvalue weighted by atomic mass is 16.5. The third-order valence-corrected chi connectivity index (χ3v) is 6.00. The minimum Gasteiger partial charge on any atom is -0.449 e. The van der Waals surface area contributed by atoms with Crippen molar-refractivity contribution >= 4 is 6.09 Å². The third-order valence-electron chi connectivity index (χ3n) is 6.00. The standard InChI is InChI=1S/C23H27NO3/c25-22(16-7-1-2-8-16)13-14-24-23(26)27-15-21-19-11-5-3-9-17(19)18-10-4-6-12-20(18)21/h3-6,9-12,16,21-22,25H,1-2,7-8,13-15H2,(H,24,26). The van der Waals surface area contributed by atoms with E-state index in [1.165, 1.54) is 35.1 Å². The lowest BCUT2D eigenvalue weighted by Crippen LogP contribution is -2.30. The Bertz CT molecular complexity index is 752. The van der Waals surface area contributed by atoms with Crippen LogP contribution in [-0.4, -0.2) is 30.5 Å². The second-order valence-electron chi connectivity index (χ2n) is 7.65. The number of carbonyl (C=O) groups is 1. The zero-order valence-corrected chi connectivity index (χ0v) is 15.6. The second kappa shape index (κ2) is 8.13. The maximum Gasteiger partial charge on any atom is 0.407 e. The molecule has 0 aromatic heterocycles. The Morgan fingerprint density at radius 2 is 1.63 bits per heavy atom. The van der Waals surface area contributed by atoms with Crippen LogP contribution in [0.25, 0.3) is 11.1 Å². The molecule has 0 spiro atoms. The molecule has 2 aliphatic carbocycles. The number of rotatable bonds is 6. The van der Waals surface area contributed by atoms with Gasteiger partial charge in [-0.15, -0.1) is 0 Å². The zero-order chi connectivity index (χ0) is 18.6. The summed E-state index contributed by atoms with van der Waals surface area (Å²) in [6, 6.07) is 16.6. The highest BCUT2D eigenvalue weighted by molar-refractivity contribution is 5.79. The van der Waals surface area contributed by atoms with Crippen LogP contribution < -0.4 is 5.32 Å². The van der Waals surface area contributed by atoms with Crippen LogP contribution in [0.3, 0.4) is 0 Å². The summed E-state index contributed by atoms with van der Waals surface area (Å²) in [5, 5.41) is 13.0. The van der Waals surface area contributed by atoms with Crippen molar-refractivity contribution in [3.05, 3.63) is 59.7 Å². The average molecular weight is 365 g/mol. The van der Waals surface area contributed by atoms with E-state index in [-0.39, 0.29) is 12.0 Å². The number of hydrogen-bond acceptors (Lipinski definition) is 3. The molecule has 1 atom stereocenters. The Labute approximate surface area is 160 Å². The van der Waals surface area contributed by atoms with Crippen LogP contribution in [0.15, 0.2) is 48.5 Å². The molecule has 2 aliphatic rings. The molecular weight excluding hydrogens is 338 g/mol. The summed E-state index contributed by atoms with van der Waals surface area (Å²) in [4.78, 5) is 12.1. The fourth-order valence-electron chi connectivity index (χ4n) is 4.55. The van der Waals surface area contributed by atoms with Gasteiger partial charge >= 0.3 is 6.09 Å². The number of benzene rings is 2. The molecule has 4 heteroatoms. The van der Waals surface area contributed by atoms with E-state index in [1.807, 2.05) is 24.3 Å². The van der Waals surface area contributed by atoms with Crippen molar-refractivity contribution in [3.63, 3.8) is 0 Å². The molecule has 2 aromatic rings. The second-order valence-corrected chi connectivity index (χ2v) is 7.65. The Balaban J connectivity index is 1.30. The summed E-state index contributed by atoms with van der Waals surface area (Å²) in [7, 11) is 0. The van der Waals surface area contributed by atoms with Gasteiger partial charge in [-0.1, -0.05) is 61.4 Å². The van der Waals surface area contributed by atoms with E-state index in [1.54, 1.807) is 0 Å². The molecule has 2 N–H and O–H groups in total. The lowest BCUT2D eigenvalue weighted by molar-refractivity contribution is 0.0991. The van der Waals surface area contributed by atoms with Gasteiger partial charge in [0.15, 0.2) is 0 Å². The van der Waals surface area contributed by atoms with Crippen LogP contribution in [0, 0.1) is 5.92 Å². The zero-order valence-electron chi connectivity index (χ0n) is 15.6. The molecule has 0 heterocycles. The quantitative estimate of drug-likeness (QED) is 0.794. The first kappa shape index (κ1) is 18.1. The van der Waals surface area contributed by atoms with Crippen molar-refractivity contribution in [1.82, 2.24) is 5.32 Å². The minimum atomic E-state index is -0.407. The lowest BCUT2D eigenvalue weighted by Gasteiger charge is -2.18. The van der Waals surface area contributed by atoms with Gasteiger partial charge in [0.25, 0.3) is 0 Å². The molecule has 0 aliphatic heterocycles. The summed E-state index contributed by atoms with van der Waals surface area (Å²) in [5.41, 5.74) is 4.87. The number of ether oxygens (including phenoxy) is 1. The molecule has 4 rings (SSSR count). The monoisotopic (exact) mass is 365 g/mol. The number of aliphatic hydroxyl groups excluding tert-OH is 1. The van der Waals surface area contributed by atoms with Gasteiger partial charge in [-0.2, -0.15) is 0 Å². The van der Waals surface area contributed by atoms with Gasteiger partial charge in [0.05, 0.1) is 6.10 Å². The largest absolute Gasteiger partial charge is 0.449 e. The fourth-order valence-corrected chi connectivity index (χ4v) is 4.55. The van der Waals surface area contributed by atoms with Gasteiger partial charge in [-0.3, -0.25) is 0 Å². The Morgan fingerprint density at radius 3 is 2.26 bits per heavy atom. The number of aliphatic hydroxyl groups is 1. The molecule has 4 nitrogen and oxygen atoms in total. The lowest BCUT2D eigenvalue weighted by atomic mass is 9.98. The summed E-state index contributed by atoms with van der Waals surface area (Å²) >= 11 is 0. The van der Waals surface area contributed by atoms with E-state index in [4.69, 9.17) is 4.74 Å². The number of nitrogens with one attached hydrogen (secondary N) is 1. The van der Waals surface area contributed by atoms with Crippen molar-refractivity contribution < 1.29 is 14.6 Å². The van der Waals surface area contributed by atoms with Gasteiger partial charge in [-0.25, -0.2) is 4.79 Å². The number of carbonyl (C=O) groups excluding carboxylic acids is 1. The van der Waals surface area contributed by atoms with E-state index in [2.05, 4.69) is 29.6 Å². The van der Waals surface area contributed by atoms with Crippen LogP contribution in [0.5, 0.6) is 0 Å². The molecular formula is C23H27NO3. The molecule has 0 saturated heterocycles. The molecule has 1 saturated carbocycles. The van der Waals surface area contributed by atoms with Crippen LogP contribution in [0.2, 0.25) is 0 Å². The van der Waals surface area contributed by atoms with Gasteiger partial charge < -0.3 is 15.2 Å². The molecule has 0 radical (unpaired) electrons. The van der Waals surface area contributed by atoms with Crippen molar-refractivity contribution in [2.45, 2.75) is 44.1 Å². The minimum absolute atomic E-state index is 0.0761. The number of alkyl carbamates (subject to hydrolysis) is 1. The number of fused-ring (bicyclic) bond motifs is 3. The predicted molar refractivity (Wildman–Crippen MR) is 106 cm³/mol. The van der Waals surface area contributed by atoms with E-state index in [0.29, 0.717) is 25.5 Å². The van der Waals surface area contributed by atoms with Crippen LogP contribution in [0.4, 0.5) is 4.79 Å². The molecule has 0 bridgehead atoms. The highest BCUT2D eigenvalue weighted by Gasteiger charge is 2.29. The van der Waals surface area contributed by atoms with Crippen LogP contribution >= 0.6 is 0 Å². The molecule has 2 aromatic carbocycles. The van der Waals surface area contributed by atoms with E-state index < -0.39 is 6.09 Å². The molecule has 27 heavy (non-hydrogen) atoms. The normalized spacial score (nSPS) is 17.4. The maximum absolute atomic E-state index is 12.1. The van der Waals surface area contributed by atoms with Gasteiger partial charge in [0.2, 0.25) is 0 Å². The number of hydrogen-bond donors (Lipinski definition) is 2. The summed E-state index contributed by atoms with van der Waals surface area (Å²) in [6.45, 7) is 0.777. The maximum atomic E-state index is 12.1. The third kappa shape index (κ3) is 3.86. The van der Waals surface area contributed by atoms with E-state index in [0.717, 1.165) is 12.8 Å². The first-order valence-corrected chi connectivity index (χ1v) is 10.0. The molecule has 1 fully saturated rings. The first-order chi connectivity index (χ1) is 13.2. The highest BCUT2D eigenvalue weighted by Crippen LogP contribution is 2.44. The summed E-state index contributed by atoms with van der Waals surface area (Å²) in [5.74, 6) is 0.474. The Morgan fingerprint density at radius 1 is 1.04 bits per heavy atom. The SMILES string of the molecule is O=C(NCCC(O)C1CCCC1)OCC1c2ccccc2-c2ccccc21.